The smallest absolute Gasteiger partial charge is 0.222 e. The fraction of sp³-hybridized carbons (Fsp3) is 0.421. The summed E-state index contributed by atoms with van der Waals surface area (Å²) in [4.78, 5) is 10.4. The number of ether oxygens (including phenoxy) is 1. The largest absolute Gasteiger partial charge is 0.493 e. The topological polar surface area (TPSA) is 114 Å². The van der Waals surface area contributed by atoms with E-state index < -0.39 is 0 Å². The number of benzene rings is 1. The first-order valence-corrected chi connectivity index (χ1v) is 8.85. The van der Waals surface area contributed by atoms with Gasteiger partial charge in [-0.15, -0.1) is 0 Å². The molecule has 0 unspecified atom stereocenters. The number of nitriles is 1. The lowest BCUT2D eigenvalue weighted by Crippen LogP contribution is -2.22. The molecule has 0 aliphatic carbocycles. The molecule has 0 fully saturated rings. The lowest BCUT2D eigenvalue weighted by Gasteiger charge is -2.21. The first kappa shape index (κ1) is 19.5. The average Bonchev–Trinajstić information content (AvgIpc) is 2.64. The van der Waals surface area contributed by atoms with Crippen LogP contribution in [0.4, 0.5) is 11.8 Å². The van der Waals surface area contributed by atoms with E-state index in [9.17, 15) is 5.26 Å². The van der Waals surface area contributed by atoms with Gasteiger partial charge in [-0.05, 0) is 37.7 Å². The minimum Gasteiger partial charge on any atom is -0.493 e. The second kappa shape index (κ2) is 9.02. The molecular formula is C19H26N6O. The molecule has 7 nitrogen and oxygen atoms in total. The van der Waals surface area contributed by atoms with Gasteiger partial charge in [0.05, 0.1) is 12.3 Å². The van der Waals surface area contributed by atoms with Crippen molar-refractivity contribution in [3.63, 3.8) is 0 Å². The summed E-state index contributed by atoms with van der Waals surface area (Å²) in [6.45, 7) is 9.60. The number of nitrogens with two attached hydrogens (primary N) is 2. The first-order chi connectivity index (χ1) is 12.5. The Morgan fingerprint density at radius 1 is 1.15 bits per heavy atom. The van der Waals surface area contributed by atoms with Gasteiger partial charge >= 0.3 is 0 Å². The minimum atomic E-state index is 0.0492. The van der Waals surface area contributed by atoms with E-state index in [-0.39, 0.29) is 17.3 Å². The third kappa shape index (κ3) is 4.41. The van der Waals surface area contributed by atoms with E-state index >= 15 is 0 Å². The number of rotatable bonds is 8. The molecule has 0 bridgehead atoms. The highest BCUT2D eigenvalue weighted by atomic mass is 16.5. The molecule has 0 aliphatic heterocycles. The van der Waals surface area contributed by atoms with Crippen molar-refractivity contribution in [2.75, 3.05) is 31.2 Å². The zero-order chi connectivity index (χ0) is 19.1. The second-order valence-electron chi connectivity index (χ2n) is 5.93. The van der Waals surface area contributed by atoms with Crippen LogP contribution in [-0.4, -0.2) is 34.6 Å². The van der Waals surface area contributed by atoms with Gasteiger partial charge in [0.25, 0.3) is 0 Å². The molecule has 4 N–H and O–H groups in total. The summed E-state index contributed by atoms with van der Waals surface area (Å²) in [5.41, 5.74) is 14.1. The Bertz CT molecular complexity index is 795. The maximum absolute atomic E-state index is 9.43. The van der Waals surface area contributed by atoms with Crippen molar-refractivity contribution >= 4 is 11.8 Å². The van der Waals surface area contributed by atoms with Crippen molar-refractivity contribution in [2.24, 2.45) is 0 Å². The summed E-state index contributed by atoms with van der Waals surface area (Å²) in [6, 6.07) is 7.86. The van der Waals surface area contributed by atoms with Crippen LogP contribution in [0.3, 0.4) is 0 Å². The van der Waals surface area contributed by atoms with Crippen LogP contribution < -0.4 is 16.2 Å². The summed E-state index contributed by atoms with van der Waals surface area (Å²) in [7, 11) is 0. The van der Waals surface area contributed by atoms with Crippen molar-refractivity contribution in [3.05, 3.63) is 29.3 Å². The van der Waals surface area contributed by atoms with Gasteiger partial charge in [-0.25, -0.2) is 4.98 Å². The Morgan fingerprint density at radius 3 is 2.50 bits per heavy atom. The SMILES string of the molecule is CCCOc1ccc(-c2nc(N)nc(N)c2C#N)cc1CN(CC)CC. The van der Waals surface area contributed by atoms with E-state index in [1.54, 1.807) is 0 Å². The lowest BCUT2D eigenvalue weighted by molar-refractivity contribution is 0.277. The van der Waals surface area contributed by atoms with E-state index in [4.69, 9.17) is 16.2 Å². The summed E-state index contributed by atoms with van der Waals surface area (Å²) in [5, 5.41) is 9.43. The van der Waals surface area contributed by atoms with E-state index in [0.717, 1.165) is 42.9 Å². The van der Waals surface area contributed by atoms with Gasteiger partial charge < -0.3 is 16.2 Å². The Kier molecular flexibility index (Phi) is 6.75. The van der Waals surface area contributed by atoms with Crippen LogP contribution >= 0.6 is 0 Å². The number of nitrogen functional groups attached to an aromatic ring is 2. The van der Waals surface area contributed by atoms with Crippen molar-refractivity contribution in [1.82, 2.24) is 14.9 Å². The van der Waals surface area contributed by atoms with Gasteiger partial charge in [-0.1, -0.05) is 20.8 Å². The van der Waals surface area contributed by atoms with Crippen LogP contribution in [0.2, 0.25) is 0 Å². The second-order valence-corrected chi connectivity index (χ2v) is 5.93. The highest BCUT2D eigenvalue weighted by Gasteiger charge is 2.16. The first-order valence-electron chi connectivity index (χ1n) is 8.85. The van der Waals surface area contributed by atoms with E-state index in [2.05, 4.69) is 41.7 Å². The molecule has 2 aromatic rings. The summed E-state index contributed by atoms with van der Waals surface area (Å²) >= 11 is 0. The predicted octanol–water partition coefficient (Wildman–Crippen LogP) is 2.81. The van der Waals surface area contributed by atoms with Gasteiger partial charge in [0.15, 0.2) is 0 Å². The summed E-state index contributed by atoms with van der Waals surface area (Å²) in [5.74, 6) is 0.982. The maximum atomic E-state index is 9.43. The van der Waals surface area contributed by atoms with E-state index in [1.165, 1.54) is 0 Å². The van der Waals surface area contributed by atoms with Crippen LogP contribution in [0.25, 0.3) is 11.3 Å². The van der Waals surface area contributed by atoms with Gasteiger partial charge in [0.1, 0.15) is 23.2 Å². The van der Waals surface area contributed by atoms with Gasteiger partial charge in [0, 0.05) is 17.7 Å². The Morgan fingerprint density at radius 2 is 1.88 bits per heavy atom. The van der Waals surface area contributed by atoms with Crippen LogP contribution in [0.1, 0.15) is 38.3 Å². The Balaban J connectivity index is 2.53. The molecule has 1 aromatic carbocycles. The van der Waals surface area contributed by atoms with E-state index in [1.807, 2.05) is 18.2 Å². The van der Waals surface area contributed by atoms with Crippen LogP contribution in [0, 0.1) is 11.3 Å². The number of aromatic nitrogens is 2. The van der Waals surface area contributed by atoms with Gasteiger partial charge in [-0.2, -0.15) is 10.2 Å². The standard InChI is InChI=1S/C19H26N6O/c1-4-9-26-16-8-7-13(10-14(16)12-25(5-2)6-3)17-15(11-20)18(21)24-19(22)23-17/h7-8,10H,4-6,9,12H2,1-3H3,(H4,21,22,23,24). The molecule has 0 saturated heterocycles. The Hall–Kier alpha value is -2.85. The molecule has 26 heavy (non-hydrogen) atoms. The third-order valence-electron chi connectivity index (χ3n) is 4.15. The highest BCUT2D eigenvalue weighted by molar-refractivity contribution is 5.74. The average molecular weight is 354 g/mol. The molecule has 0 amide bonds. The highest BCUT2D eigenvalue weighted by Crippen LogP contribution is 2.30. The number of nitrogens with zero attached hydrogens (tertiary/aromatic N) is 4. The lowest BCUT2D eigenvalue weighted by atomic mass is 10.0. The normalized spacial score (nSPS) is 10.7. The zero-order valence-corrected chi connectivity index (χ0v) is 15.6. The molecule has 138 valence electrons. The number of hydrogen-bond donors (Lipinski definition) is 2. The molecule has 1 heterocycles. The fourth-order valence-corrected chi connectivity index (χ4v) is 2.71. The quantitative estimate of drug-likeness (QED) is 0.749. The molecule has 0 saturated carbocycles. The molecule has 0 radical (unpaired) electrons. The van der Waals surface area contributed by atoms with E-state index in [0.29, 0.717) is 12.3 Å². The molecule has 7 heteroatoms. The van der Waals surface area contributed by atoms with Crippen molar-refractivity contribution in [1.29, 1.82) is 5.26 Å². The van der Waals surface area contributed by atoms with Crippen LogP contribution in [0.5, 0.6) is 5.75 Å². The molecule has 0 atom stereocenters. The number of anilines is 2. The van der Waals surface area contributed by atoms with Gasteiger partial charge in [0.2, 0.25) is 5.95 Å². The minimum absolute atomic E-state index is 0.0492. The van der Waals surface area contributed by atoms with Crippen molar-refractivity contribution in [3.8, 4) is 23.1 Å². The van der Waals surface area contributed by atoms with Crippen molar-refractivity contribution in [2.45, 2.75) is 33.7 Å². The third-order valence-corrected chi connectivity index (χ3v) is 4.15. The molecule has 0 spiro atoms. The maximum Gasteiger partial charge on any atom is 0.222 e. The van der Waals surface area contributed by atoms with Crippen LogP contribution in [-0.2, 0) is 6.54 Å². The molecule has 2 rings (SSSR count). The fourth-order valence-electron chi connectivity index (χ4n) is 2.71. The molecule has 1 aromatic heterocycles. The molecular weight excluding hydrogens is 328 g/mol. The number of hydrogen-bond acceptors (Lipinski definition) is 7. The molecule has 0 aliphatic rings. The van der Waals surface area contributed by atoms with Crippen LogP contribution in [0.15, 0.2) is 18.2 Å². The van der Waals surface area contributed by atoms with Gasteiger partial charge in [-0.3, -0.25) is 4.90 Å². The summed E-state index contributed by atoms with van der Waals surface area (Å²) in [6.07, 6.45) is 0.935. The van der Waals surface area contributed by atoms with Crippen molar-refractivity contribution < 1.29 is 4.74 Å². The summed E-state index contributed by atoms with van der Waals surface area (Å²) < 4.78 is 5.90. The Labute approximate surface area is 154 Å². The predicted molar refractivity (Wildman–Crippen MR) is 103 cm³/mol. The monoisotopic (exact) mass is 354 g/mol. The zero-order valence-electron chi connectivity index (χ0n) is 15.6.